The highest BCUT2D eigenvalue weighted by Gasteiger charge is 2.11. The predicted octanol–water partition coefficient (Wildman–Crippen LogP) is 0.0142. The van der Waals surface area contributed by atoms with E-state index in [0.29, 0.717) is 11.7 Å². The second kappa shape index (κ2) is 4.18. The summed E-state index contributed by atoms with van der Waals surface area (Å²) in [6, 6.07) is -0.528. The van der Waals surface area contributed by atoms with Gasteiger partial charge in [-0.25, -0.2) is 0 Å². The molecule has 0 amide bonds. The van der Waals surface area contributed by atoms with Gasteiger partial charge in [0.2, 0.25) is 5.89 Å². The summed E-state index contributed by atoms with van der Waals surface area (Å²) in [7, 11) is 0. The smallest absolute Gasteiger partial charge is 0.226 e. The SMILES string of the molecule is CCCc1nc(C(N)CO)no1. The van der Waals surface area contributed by atoms with E-state index in [1.807, 2.05) is 6.92 Å². The van der Waals surface area contributed by atoms with Crippen molar-refractivity contribution in [1.82, 2.24) is 10.1 Å². The third-order valence-corrected chi connectivity index (χ3v) is 1.48. The number of hydrogen-bond donors (Lipinski definition) is 2. The lowest BCUT2D eigenvalue weighted by atomic mass is 10.3. The van der Waals surface area contributed by atoms with Crippen molar-refractivity contribution in [3.8, 4) is 0 Å². The molecular weight excluding hydrogens is 158 g/mol. The normalized spacial score (nSPS) is 13.2. The summed E-state index contributed by atoms with van der Waals surface area (Å²) in [5, 5.41) is 12.3. The second-order valence-electron chi connectivity index (χ2n) is 2.59. The van der Waals surface area contributed by atoms with E-state index in [9.17, 15) is 0 Å². The Hall–Kier alpha value is -0.940. The molecule has 0 aliphatic heterocycles. The van der Waals surface area contributed by atoms with Crippen LogP contribution in [0.3, 0.4) is 0 Å². The van der Waals surface area contributed by atoms with E-state index in [0.717, 1.165) is 12.8 Å². The quantitative estimate of drug-likeness (QED) is 0.666. The maximum Gasteiger partial charge on any atom is 0.226 e. The third-order valence-electron chi connectivity index (χ3n) is 1.48. The van der Waals surface area contributed by atoms with Crippen LogP contribution in [0.4, 0.5) is 0 Å². The van der Waals surface area contributed by atoms with Gasteiger partial charge >= 0.3 is 0 Å². The molecule has 1 heterocycles. The molecule has 0 spiro atoms. The molecule has 0 aromatic carbocycles. The maximum absolute atomic E-state index is 8.68. The fourth-order valence-electron chi connectivity index (χ4n) is 0.816. The van der Waals surface area contributed by atoms with Crippen molar-refractivity contribution in [2.75, 3.05) is 6.61 Å². The Morgan fingerprint density at radius 1 is 1.67 bits per heavy atom. The molecule has 0 saturated heterocycles. The van der Waals surface area contributed by atoms with Crippen LogP contribution in [0.1, 0.15) is 31.1 Å². The van der Waals surface area contributed by atoms with Crippen LogP contribution < -0.4 is 5.73 Å². The van der Waals surface area contributed by atoms with Gasteiger partial charge in [0.05, 0.1) is 12.6 Å². The summed E-state index contributed by atoms with van der Waals surface area (Å²) in [5.41, 5.74) is 5.47. The first-order valence-electron chi connectivity index (χ1n) is 3.96. The van der Waals surface area contributed by atoms with E-state index in [1.165, 1.54) is 0 Å². The van der Waals surface area contributed by atoms with Gasteiger partial charge in [0.15, 0.2) is 5.82 Å². The monoisotopic (exact) mass is 171 g/mol. The number of aromatic nitrogens is 2. The van der Waals surface area contributed by atoms with Crippen molar-refractivity contribution in [3.63, 3.8) is 0 Å². The average molecular weight is 171 g/mol. The topological polar surface area (TPSA) is 85.2 Å². The van der Waals surface area contributed by atoms with Gasteiger partial charge in [-0.05, 0) is 6.42 Å². The highest BCUT2D eigenvalue weighted by molar-refractivity contribution is 4.92. The first-order chi connectivity index (χ1) is 5.77. The molecule has 12 heavy (non-hydrogen) atoms. The fraction of sp³-hybridized carbons (Fsp3) is 0.714. The Labute approximate surface area is 70.6 Å². The minimum absolute atomic E-state index is 0.162. The van der Waals surface area contributed by atoms with Gasteiger partial charge < -0.3 is 15.4 Å². The summed E-state index contributed by atoms with van der Waals surface area (Å²) >= 11 is 0. The van der Waals surface area contributed by atoms with E-state index in [2.05, 4.69) is 10.1 Å². The van der Waals surface area contributed by atoms with Crippen LogP contribution >= 0.6 is 0 Å². The van der Waals surface area contributed by atoms with Gasteiger partial charge in [-0.15, -0.1) is 0 Å². The van der Waals surface area contributed by atoms with Crippen LogP contribution in [0.2, 0.25) is 0 Å². The molecule has 0 bridgehead atoms. The number of rotatable bonds is 4. The highest BCUT2D eigenvalue weighted by Crippen LogP contribution is 2.06. The zero-order chi connectivity index (χ0) is 8.97. The standard InChI is InChI=1S/C7H13N3O2/c1-2-3-6-9-7(10-12-6)5(8)4-11/h5,11H,2-4,8H2,1H3. The summed E-state index contributed by atoms with van der Waals surface area (Å²) in [4.78, 5) is 4.01. The summed E-state index contributed by atoms with van der Waals surface area (Å²) in [6.07, 6.45) is 1.71. The molecule has 0 fully saturated rings. The minimum atomic E-state index is -0.528. The van der Waals surface area contributed by atoms with Crippen LogP contribution in [-0.2, 0) is 6.42 Å². The van der Waals surface area contributed by atoms with Crippen LogP contribution in [0.5, 0.6) is 0 Å². The first kappa shape index (κ1) is 9.15. The molecule has 5 nitrogen and oxygen atoms in total. The van der Waals surface area contributed by atoms with Crippen LogP contribution in [-0.4, -0.2) is 21.9 Å². The molecular formula is C7H13N3O2. The molecule has 3 N–H and O–H groups in total. The molecule has 0 radical (unpaired) electrons. The first-order valence-corrected chi connectivity index (χ1v) is 3.96. The largest absolute Gasteiger partial charge is 0.394 e. The Morgan fingerprint density at radius 2 is 2.42 bits per heavy atom. The molecule has 68 valence electrons. The van der Waals surface area contributed by atoms with Crippen molar-refractivity contribution in [3.05, 3.63) is 11.7 Å². The lowest BCUT2D eigenvalue weighted by molar-refractivity contribution is 0.259. The number of nitrogens with zero attached hydrogens (tertiary/aromatic N) is 2. The molecule has 1 aromatic rings. The van der Waals surface area contributed by atoms with E-state index in [4.69, 9.17) is 15.4 Å². The summed E-state index contributed by atoms with van der Waals surface area (Å²) in [6.45, 7) is 1.86. The molecule has 1 unspecified atom stereocenters. The van der Waals surface area contributed by atoms with E-state index in [-0.39, 0.29) is 6.61 Å². The van der Waals surface area contributed by atoms with Crippen molar-refractivity contribution in [2.45, 2.75) is 25.8 Å². The van der Waals surface area contributed by atoms with Gasteiger partial charge in [0.25, 0.3) is 0 Å². The van der Waals surface area contributed by atoms with Gasteiger partial charge in [-0.1, -0.05) is 12.1 Å². The maximum atomic E-state index is 8.68. The minimum Gasteiger partial charge on any atom is -0.394 e. The van der Waals surface area contributed by atoms with E-state index in [1.54, 1.807) is 0 Å². The lowest BCUT2D eigenvalue weighted by Crippen LogP contribution is -2.16. The number of aryl methyl sites for hydroxylation is 1. The highest BCUT2D eigenvalue weighted by atomic mass is 16.5. The van der Waals surface area contributed by atoms with Crippen molar-refractivity contribution < 1.29 is 9.63 Å². The predicted molar refractivity (Wildman–Crippen MR) is 42.3 cm³/mol. The molecule has 1 aromatic heterocycles. The third kappa shape index (κ3) is 2.02. The van der Waals surface area contributed by atoms with Crippen LogP contribution in [0.15, 0.2) is 4.52 Å². The Balaban J connectivity index is 2.63. The van der Waals surface area contributed by atoms with E-state index < -0.39 is 6.04 Å². The molecule has 0 aliphatic carbocycles. The number of aliphatic hydroxyl groups excluding tert-OH is 1. The van der Waals surface area contributed by atoms with Crippen LogP contribution in [0.25, 0.3) is 0 Å². The van der Waals surface area contributed by atoms with Gasteiger partial charge in [0.1, 0.15) is 0 Å². The number of nitrogens with two attached hydrogens (primary N) is 1. The molecule has 1 atom stereocenters. The Bertz CT molecular complexity index is 236. The Morgan fingerprint density at radius 3 is 3.00 bits per heavy atom. The van der Waals surface area contributed by atoms with Crippen molar-refractivity contribution in [1.29, 1.82) is 0 Å². The van der Waals surface area contributed by atoms with Gasteiger partial charge in [0, 0.05) is 6.42 Å². The average Bonchev–Trinajstić information content (AvgIpc) is 2.52. The molecule has 5 heteroatoms. The summed E-state index contributed by atoms with van der Waals surface area (Å²) < 4.78 is 4.88. The zero-order valence-electron chi connectivity index (χ0n) is 7.03. The molecule has 0 saturated carbocycles. The number of hydrogen-bond acceptors (Lipinski definition) is 5. The summed E-state index contributed by atoms with van der Waals surface area (Å²) in [5.74, 6) is 0.956. The lowest BCUT2D eigenvalue weighted by Gasteiger charge is -1.98. The zero-order valence-corrected chi connectivity index (χ0v) is 7.03. The molecule has 0 aliphatic rings. The van der Waals surface area contributed by atoms with Crippen molar-refractivity contribution in [2.24, 2.45) is 5.73 Å². The fourth-order valence-corrected chi connectivity index (χ4v) is 0.816. The van der Waals surface area contributed by atoms with Crippen LogP contribution in [0, 0.1) is 0 Å². The van der Waals surface area contributed by atoms with Gasteiger partial charge in [-0.3, -0.25) is 0 Å². The second-order valence-corrected chi connectivity index (χ2v) is 2.59. The molecule has 1 rings (SSSR count). The Kier molecular flexibility index (Phi) is 3.19. The van der Waals surface area contributed by atoms with Crippen molar-refractivity contribution >= 4 is 0 Å². The van der Waals surface area contributed by atoms with E-state index >= 15 is 0 Å². The van der Waals surface area contributed by atoms with Gasteiger partial charge in [-0.2, -0.15) is 4.98 Å². The number of aliphatic hydroxyl groups is 1.